The number of carbonyl (C=O) groups is 2. The number of aromatic nitrogens is 1. The molecule has 7 nitrogen and oxygen atoms in total. The molecule has 4 rings (SSSR count). The van der Waals surface area contributed by atoms with E-state index in [1.165, 1.54) is 6.08 Å². The number of amides is 3. The highest BCUT2D eigenvalue weighted by molar-refractivity contribution is 6.08. The molecular weight excluding hydrogens is 368 g/mol. The van der Waals surface area contributed by atoms with E-state index in [0.29, 0.717) is 25.2 Å². The van der Waals surface area contributed by atoms with Gasteiger partial charge in [-0.05, 0) is 30.0 Å². The van der Waals surface area contributed by atoms with Crippen molar-refractivity contribution in [3.63, 3.8) is 0 Å². The third-order valence-corrected chi connectivity index (χ3v) is 5.46. The van der Waals surface area contributed by atoms with Gasteiger partial charge >= 0.3 is 6.03 Å². The minimum absolute atomic E-state index is 0.0185. The maximum atomic E-state index is 12.7. The molecule has 0 saturated carbocycles. The molecule has 2 bridgehead atoms. The van der Waals surface area contributed by atoms with Crippen molar-refractivity contribution >= 4 is 18.0 Å². The van der Waals surface area contributed by atoms with Crippen molar-refractivity contribution in [2.75, 3.05) is 13.1 Å². The van der Waals surface area contributed by atoms with Crippen LogP contribution in [0.25, 0.3) is 6.08 Å². The lowest BCUT2D eigenvalue weighted by Gasteiger charge is -2.42. The largest absolute Gasteiger partial charge is 0.324 e. The van der Waals surface area contributed by atoms with E-state index >= 15 is 0 Å². The van der Waals surface area contributed by atoms with Crippen molar-refractivity contribution < 1.29 is 9.59 Å². The number of likely N-dealkylation sites (tertiary alicyclic amines) is 1. The molecule has 2 aliphatic heterocycles. The number of nitrogens with zero attached hydrogens (tertiary/aromatic N) is 3. The second-order valence-electron chi connectivity index (χ2n) is 7.44. The van der Waals surface area contributed by atoms with Crippen LogP contribution in [-0.4, -0.2) is 34.5 Å². The van der Waals surface area contributed by atoms with Crippen molar-refractivity contribution in [1.29, 1.82) is 5.26 Å². The lowest BCUT2D eigenvalue weighted by Crippen LogP contribution is -2.52. The number of nitriles is 1. The fourth-order valence-electron chi connectivity index (χ4n) is 4.17. The Morgan fingerprint density at radius 2 is 1.86 bits per heavy atom. The molecule has 3 amide bonds. The van der Waals surface area contributed by atoms with Crippen LogP contribution in [-0.2, 0) is 11.3 Å². The molecule has 0 spiro atoms. The lowest BCUT2D eigenvalue weighted by atomic mass is 9.83. The molecule has 1 fully saturated rings. The summed E-state index contributed by atoms with van der Waals surface area (Å²) in [6.07, 6.45) is 2.37. The zero-order chi connectivity index (χ0) is 20.4. The first kappa shape index (κ1) is 18.7. The first-order valence-electron chi connectivity index (χ1n) is 9.52. The number of imide groups is 1. The molecule has 29 heavy (non-hydrogen) atoms. The van der Waals surface area contributed by atoms with Gasteiger partial charge in [-0.2, -0.15) is 5.26 Å². The van der Waals surface area contributed by atoms with Crippen molar-refractivity contribution in [3.05, 3.63) is 75.7 Å². The Morgan fingerprint density at radius 3 is 2.62 bits per heavy atom. The molecule has 1 aromatic carbocycles. The second-order valence-corrected chi connectivity index (χ2v) is 7.44. The summed E-state index contributed by atoms with van der Waals surface area (Å²) in [5, 5.41) is 11.6. The fraction of sp³-hybridized carbons (Fsp3) is 0.273. The zero-order valence-corrected chi connectivity index (χ0v) is 15.7. The van der Waals surface area contributed by atoms with Crippen molar-refractivity contribution in [2.45, 2.75) is 18.9 Å². The number of pyridine rings is 1. The van der Waals surface area contributed by atoms with Crippen LogP contribution >= 0.6 is 0 Å². The summed E-state index contributed by atoms with van der Waals surface area (Å²) in [7, 11) is 0. The van der Waals surface area contributed by atoms with Gasteiger partial charge in [0, 0.05) is 37.3 Å². The minimum Gasteiger partial charge on any atom is -0.323 e. The topological polar surface area (TPSA) is 95.2 Å². The number of fused-ring (bicyclic) bond motifs is 4. The highest BCUT2D eigenvalue weighted by atomic mass is 16.2. The predicted molar refractivity (Wildman–Crippen MR) is 107 cm³/mol. The fourth-order valence-corrected chi connectivity index (χ4v) is 4.17. The predicted octanol–water partition coefficient (Wildman–Crippen LogP) is 2.11. The number of hydrogen-bond acceptors (Lipinski definition) is 4. The van der Waals surface area contributed by atoms with Gasteiger partial charge in [-0.1, -0.05) is 36.4 Å². The van der Waals surface area contributed by atoms with E-state index in [1.54, 1.807) is 45.9 Å². The molecule has 0 aliphatic carbocycles. The molecule has 0 radical (unpaired) electrons. The van der Waals surface area contributed by atoms with Gasteiger partial charge in [0.25, 0.3) is 11.5 Å². The van der Waals surface area contributed by atoms with Crippen LogP contribution in [0.15, 0.2) is 58.9 Å². The minimum atomic E-state index is -0.714. The Morgan fingerprint density at radius 1 is 1.07 bits per heavy atom. The van der Waals surface area contributed by atoms with Gasteiger partial charge in [-0.3, -0.25) is 14.9 Å². The summed E-state index contributed by atoms with van der Waals surface area (Å²) in [5.74, 6) is -0.487. The molecule has 3 heterocycles. The van der Waals surface area contributed by atoms with Crippen molar-refractivity contribution in [3.8, 4) is 6.07 Å². The quantitative estimate of drug-likeness (QED) is 0.630. The normalized spacial score (nSPS) is 20.4. The van der Waals surface area contributed by atoms with Crippen LogP contribution in [0.4, 0.5) is 4.79 Å². The Balaban J connectivity index is 1.47. The molecule has 0 unspecified atom stereocenters. The number of hydrogen-bond donors (Lipinski definition) is 1. The smallest absolute Gasteiger partial charge is 0.323 e. The van der Waals surface area contributed by atoms with E-state index in [4.69, 9.17) is 0 Å². The first-order valence-corrected chi connectivity index (χ1v) is 9.52. The van der Waals surface area contributed by atoms with Crippen LogP contribution in [0.5, 0.6) is 0 Å². The van der Waals surface area contributed by atoms with Crippen LogP contribution in [0.3, 0.4) is 0 Å². The van der Waals surface area contributed by atoms with Gasteiger partial charge in [-0.15, -0.1) is 0 Å². The van der Waals surface area contributed by atoms with Crippen LogP contribution < -0.4 is 10.9 Å². The molecule has 1 saturated heterocycles. The first-order chi connectivity index (χ1) is 14.0. The number of rotatable bonds is 2. The van der Waals surface area contributed by atoms with Gasteiger partial charge in [-0.25, -0.2) is 4.79 Å². The molecule has 7 heteroatoms. The van der Waals surface area contributed by atoms with E-state index in [0.717, 1.165) is 12.1 Å². The van der Waals surface area contributed by atoms with Gasteiger partial charge in [0.05, 0.1) is 0 Å². The van der Waals surface area contributed by atoms with Gasteiger partial charge < -0.3 is 9.47 Å². The number of carbonyl (C=O) groups excluding carboxylic acids is 2. The Kier molecular flexibility index (Phi) is 5.00. The van der Waals surface area contributed by atoms with Crippen LogP contribution in [0, 0.1) is 17.2 Å². The molecule has 2 atom stereocenters. The van der Waals surface area contributed by atoms with E-state index in [-0.39, 0.29) is 23.0 Å². The molecule has 2 aromatic rings. The highest BCUT2D eigenvalue weighted by Gasteiger charge is 2.36. The summed E-state index contributed by atoms with van der Waals surface area (Å²) in [4.78, 5) is 38.8. The Bertz CT molecular complexity index is 1080. The second kappa shape index (κ2) is 7.76. The van der Waals surface area contributed by atoms with E-state index < -0.39 is 11.9 Å². The van der Waals surface area contributed by atoms with Crippen molar-refractivity contribution in [2.24, 2.45) is 5.92 Å². The van der Waals surface area contributed by atoms with E-state index in [2.05, 4.69) is 5.32 Å². The Hall–Kier alpha value is -3.66. The number of benzene rings is 1. The summed E-state index contributed by atoms with van der Waals surface area (Å²) in [5.41, 5.74) is 1.49. The third-order valence-electron chi connectivity index (χ3n) is 5.46. The SMILES string of the molecule is N#CC(=Cc1ccccc1)C(=O)NC(=O)N1C[C@@H]2C[C@@H](C1)c1cccc(=O)n1C2. The Labute approximate surface area is 167 Å². The maximum absolute atomic E-state index is 12.7. The van der Waals surface area contributed by atoms with Crippen LogP contribution in [0.2, 0.25) is 0 Å². The highest BCUT2D eigenvalue weighted by Crippen LogP contribution is 2.34. The summed E-state index contributed by atoms with van der Waals surface area (Å²) >= 11 is 0. The average molecular weight is 388 g/mol. The number of urea groups is 1. The molecular formula is C22H20N4O3. The summed E-state index contributed by atoms with van der Waals surface area (Å²) in [6, 6.07) is 15.6. The van der Waals surface area contributed by atoms with E-state index in [1.807, 2.05) is 18.2 Å². The van der Waals surface area contributed by atoms with E-state index in [9.17, 15) is 19.6 Å². The van der Waals surface area contributed by atoms with Gasteiger partial charge in [0.15, 0.2) is 0 Å². The molecule has 1 N–H and O–H groups in total. The molecule has 146 valence electrons. The third kappa shape index (κ3) is 3.83. The maximum Gasteiger partial charge on any atom is 0.324 e. The van der Waals surface area contributed by atoms with Gasteiger partial charge in [0.2, 0.25) is 0 Å². The number of piperidine rings is 1. The van der Waals surface area contributed by atoms with Crippen molar-refractivity contribution in [1.82, 2.24) is 14.8 Å². The lowest BCUT2D eigenvalue weighted by molar-refractivity contribution is -0.116. The summed E-state index contributed by atoms with van der Waals surface area (Å²) in [6.45, 7) is 1.48. The molecule has 1 aromatic heterocycles. The monoisotopic (exact) mass is 388 g/mol. The number of nitrogens with one attached hydrogen (secondary N) is 1. The zero-order valence-electron chi connectivity index (χ0n) is 15.7. The standard InChI is InChI=1S/C22H20N4O3/c23-11-17(9-15-5-2-1-3-6-15)21(28)24-22(29)25-12-16-10-18(14-25)19-7-4-8-20(27)26(19)13-16/h1-9,16,18H,10,12-14H2,(H,24,28,29)/t16-,18-/m0/s1. The van der Waals surface area contributed by atoms with Gasteiger partial charge in [0.1, 0.15) is 11.6 Å². The average Bonchev–Trinajstić information content (AvgIpc) is 2.73. The van der Waals surface area contributed by atoms with Crippen LogP contribution in [0.1, 0.15) is 23.6 Å². The summed E-state index contributed by atoms with van der Waals surface area (Å²) < 4.78 is 1.79. The molecule has 2 aliphatic rings.